The SMILES string of the molecule is CCN(CC)CCCC(C)NC(=O)[C@@H]1CCCN1C(=O)c1cccs1. The van der Waals surface area contributed by atoms with Crippen LogP contribution in [0.3, 0.4) is 0 Å². The summed E-state index contributed by atoms with van der Waals surface area (Å²) >= 11 is 1.44. The molecular formula is C19H31N3O2S. The van der Waals surface area contributed by atoms with E-state index in [0.717, 1.165) is 45.3 Å². The van der Waals surface area contributed by atoms with Crippen molar-refractivity contribution >= 4 is 23.2 Å². The molecule has 2 rings (SSSR count). The topological polar surface area (TPSA) is 52.7 Å². The first kappa shape index (κ1) is 19.9. The third kappa shape index (κ3) is 5.54. The van der Waals surface area contributed by atoms with Crippen LogP contribution in [0.2, 0.25) is 0 Å². The van der Waals surface area contributed by atoms with Gasteiger partial charge < -0.3 is 15.1 Å². The monoisotopic (exact) mass is 365 g/mol. The van der Waals surface area contributed by atoms with Gasteiger partial charge in [0.05, 0.1) is 4.88 Å². The molecule has 2 atom stereocenters. The van der Waals surface area contributed by atoms with Gasteiger partial charge in [0.2, 0.25) is 5.91 Å². The van der Waals surface area contributed by atoms with Crippen LogP contribution in [0.1, 0.15) is 56.1 Å². The van der Waals surface area contributed by atoms with Gasteiger partial charge in [0.1, 0.15) is 6.04 Å². The molecule has 2 amide bonds. The molecule has 1 aromatic heterocycles. The fourth-order valence-corrected chi connectivity index (χ4v) is 4.08. The standard InChI is InChI=1S/C19H31N3O2S/c1-4-21(5-2)12-6-9-15(3)20-18(23)16-10-7-13-22(16)19(24)17-11-8-14-25-17/h8,11,14-16H,4-7,9-10,12-13H2,1-3H3,(H,20,23)/t15?,16-/m0/s1. The summed E-state index contributed by atoms with van der Waals surface area (Å²) in [6.45, 7) is 10.3. The molecule has 25 heavy (non-hydrogen) atoms. The highest BCUT2D eigenvalue weighted by Crippen LogP contribution is 2.22. The lowest BCUT2D eigenvalue weighted by Gasteiger charge is -2.25. The Morgan fingerprint density at radius 2 is 2.16 bits per heavy atom. The van der Waals surface area contributed by atoms with Crippen molar-refractivity contribution in [2.24, 2.45) is 0 Å². The molecule has 0 spiro atoms. The van der Waals surface area contributed by atoms with E-state index in [1.807, 2.05) is 17.5 Å². The van der Waals surface area contributed by atoms with Gasteiger partial charge in [0, 0.05) is 12.6 Å². The summed E-state index contributed by atoms with van der Waals surface area (Å²) in [5.74, 6) is -0.0143. The average Bonchev–Trinajstić information content (AvgIpc) is 3.29. The quantitative estimate of drug-likeness (QED) is 0.732. The molecule has 6 heteroatoms. The molecule has 1 saturated heterocycles. The second-order valence-corrected chi connectivity index (χ2v) is 7.66. The zero-order chi connectivity index (χ0) is 18.2. The van der Waals surface area contributed by atoms with Gasteiger partial charge in [-0.25, -0.2) is 0 Å². The Morgan fingerprint density at radius 1 is 1.40 bits per heavy atom. The van der Waals surface area contributed by atoms with Crippen molar-refractivity contribution in [2.75, 3.05) is 26.2 Å². The van der Waals surface area contributed by atoms with E-state index >= 15 is 0 Å². The summed E-state index contributed by atoms with van der Waals surface area (Å²) in [6, 6.07) is 3.53. The van der Waals surface area contributed by atoms with Crippen LogP contribution in [0.15, 0.2) is 17.5 Å². The minimum atomic E-state index is -0.320. The number of hydrogen-bond acceptors (Lipinski definition) is 4. The molecule has 0 aromatic carbocycles. The molecule has 1 N–H and O–H groups in total. The van der Waals surface area contributed by atoms with Gasteiger partial charge in [-0.15, -0.1) is 11.3 Å². The Bertz CT molecular complexity index is 543. The van der Waals surface area contributed by atoms with Crippen molar-refractivity contribution in [2.45, 2.75) is 58.5 Å². The highest BCUT2D eigenvalue weighted by atomic mass is 32.1. The lowest BCUT2D eigenvalue weighted by molar-refractivity contribution is -0.125. The van der Waals surface area contributed by atoms with Crippen LogP contribution < -0.4 is 5.32 Å². The highest BCUT2D eigenvalue weighted by Gasteiger charge is 2.35. The lowest BCUT2D eigenvalue weighted by atomic mass is 10.1. The van der Waals surface area contributed by atoms with E-state index in [1.54, 1.807) is 4.90 Å². The van der Waals surface area contributed by atoms with Gasteiger partial charge in [-0.1, -0.05) is 19.9 Å². The molecule has 0 bridgehead atoms. The van der Waals surface area contributed by atoms with E-state index in [2.05, 4.69) is 31.0 Å². The first-order valence-electron chi connectivity index (χ1n) is 9.44. The van der Waals surface area contributed by atoms with Crippen molar-refractivity contribution < 1.29 is 9.59 Å². The van der Waals surface area contributed by atoms with Crippen molar-refractivity contribution in [1.29, 1.82) is 0 Å². The molecule has 5 nitrogen and oxygen atoms in total. The van der Waals surface area contributed by atoms with Crippen molar-refractivity contribution in [1.82, 2.24) is 15.1 Å². The minimum Gasteiger partial charge on any atom is -0.352 e. The number of carbonyl (C=O) groups is 2. The van der Waals surface area contributed by atoms with Gasteiger partial charge in [-0.2, -0.15) is 0 Å². The summed E-state index contributed by atoms with van der Waals surface area (Å²) in [5.41, 5.74) is 0. The second-order valence-electron chi connectivity index (χ2n) is 6.71. The Hall–Kier alpha value is -1.40. The summed E-state index contributed by atoms with van der Waals surface area (Å²) in [4.78, 5) is 30.1. The minimum absolute atomic E-state index is 0.00209. The van der Waals surface area contributed by atoms with Crippen LogP contribution >= 0.6 is 11.3 Å². The maximum atomic E-state index is 12.6. The number of thiophene rings is 1. The Labute approximate surface area is 155 Å². The van der Waals surface area contributed by atoms with Gasteiger partial charge in [0.15, 0.2) is 0 Å². The summed E-state index contributed by atoms with van der Waals surface area (Å²) < 4.78 is 0. The largest absolute Gasteiger partial charge is 0.352 e. The van der Waals surface area contributed by atoms with E-state index in [-0.39, 0.29) is 23.9 Å². The van der Waals surface area contributed by atoms with Crippen LogP contribution in [-0.2, 0) is 4.79 Å². The Morgan fingerprint density at radius 3 is 2.80 bits per heavy atom. The molecule has 1 aliphatic rings. The van der Waals surface area contributed by atoms with Crippen LogP contribution in [0.5, 0.6) is 0 Å². The Balaban J connectivity index is 1.81. The summed E-state index contributed by atoms with van der Waals surface area (Å²) in [7, 11) is 0. The first-order chi connectivity index (χ1) is 12.1. The molecule has 2 heterocycles. The van der Waals surface area contributed by atoms with Gasteiger partial charge >= 0.3 is 0 Å². The molecule has 1 aromatic rings. The van der Waals surface area contributed by atoms with Crippen molar-refractivity contribution in [3.05, 3.63) is 22.4 Å². The number of carbonyl (C=O) groups excluding carboxylic acids is 2. The number of nitrogens with zero attached hydrogens (tertiary/aromatic N) is 2. The molecule has 1 unspecified atom stereocenters. The van der Waals surface area contributed by atoms with Crippen LogP contribution in [0, 0.1) is 0 Å². The molecule has 1 aliphatic heterocycles. The smallest absolute Gasteiger partial charge is 0.264 e. The van der Waals surface area contributed by atoms with E-state index < -0.39 is 0 Å². The molecule has 0 saturated carbocycles. The Kier molecular flexibility index (Phi) is 7.90. The molecular weight excluding hydrogens is 334 g/mol. The second kappa shape index (κ2) is 9.92. The highest BCUT2D eigenvalue weighted by molar-refractivity contribution is 7.12. The molecule has 0 radical (unpaired) electrons. The third-order valence-electron chi connectivity index (χ3n) is 4.94. The fraction of sp³-hybridized carbons (Fsp3) is 0.684. The molecule has 1 fully saturated rings. The summed E-state index contributed by atoms with van der Waals surface area (Å²) in [5, 5.41) is 5.01. The number of hydrogen-bond donors (Lipinski definition) is 1. The van der Waals surface area contributed by atoms with Gasteiger partial charge in [0.25, 0.3) is 5.91 Å². The summed E-state index contributed by atoms with van der Waals surface area (Å²) in [6.07, 6.45) is 3.69. The number of nitrogens with one attached hydrogen (secondary N) is 1. The van der Waals surface area contributed by atoms with Crippen LogP contribution in [0.4, 0.5) is 0 Å². The lowest BCUT2D eigenvalue weighted by Crippen LogP contribution is -2.48. The van der Waals surface area contributed by atoms with Gasteiger partial charge in [-0.3, -0.25) is 9.59 Å². The number of likely N-dealkylation sites (tertiary alicyclic amines) is 1. The van der Waals surface area contributed by atoms with E-state index in [9.17, 15) is 9.59 Å². The van der Waals surface area contributed by atoms with E-state index in [1.165, 1.54) is 11.3 Å². The van der Waals surface area contributed by atoms with E-state index in [0.29, 0.717) is 11.4 Å². The van der Waals surface area contributed by atoms with Crippen LogP contribution in [-0.4, -0.2) is 59.9 Å². The zero-order valence-electron chi connectivity index (χ0n) is 15.7. The van der Waals surface area contributed by atoms with Crippen molar-refractivity contribution in [3.8, 4) is 0 Å². The maximum absolute atomic E-state index is 12.6. The predicted molar refractivity (Wildman–Crippen MR) is 103 cm³/mol. The molecule has 140 valence electrons. The fourth-order valence-electron chi connectivity index (χ4n) is 3.40. The normalized spacial score (nSPS) is 18.6. The van der Waals surface area contributed by atoms with Crippen molar-refractivity contribution in [3.63, 3.8) is 0 Å². The molecule has 0 aliphatic carbocycles. The zero-order valence-corrected chi connectivity index (χ0v) is 16.5. The third-order valence-corrected chi connectivity index (χ3v) is 5.80. The first-order valence-corrected chi connectivity index (χ1v) is 10.3. The average molecular weight is 366 g/mol. The number of amides is 2. The number of rotatable bonds is 9. The van der Waals surface area contributed by atoms with Gasteiger partial charge in [-0.05, 0) is 63.7 Å². The maximum Gasteiger partial charge on any atom is 0.264 e. The van der Waals surface area contributed by atoms with E-state index in [4.69, 9.17) is 0 Å². The predicted octanol–water partition coefficient (Wildman–Crippen LogP) is 2.98. The van der Waals surface area contributed by atoms with Crippen LogP contribution in [0.25, 0.3) is 0 Å².